The number of hydrogen-bond donors (Lipinski definition) is 1. The highest BCUT2D eigenvalue weighted by Gasteiger charge is 2.31. The van der Waals surface area contributed by atoms with Gasteiger partial charge in [0.15, 0.2) is 5.82 Å². The van der Waals surface area contributed by atoms with Crippen LogP contribution in [0, 0.1) is 5.92 Å². The zero-order valence-corrected chi connectivity index (χ0v) is 16.6. The van der Waals surface area contributed by atoms with Gasteiger partial charge in [-0.1, -0.05) is 26.0 Å². The molecule has 1 saturated heterocycles. The van der Waals surface area contributed by atoms with E-state index in [-0.39, 0.29) is 12.1 Å². The van der Waals surface area contributed by atoms with E-state index in [0.717, 1.165) is 43.2 Å². The second kappa shape index (κ2) is 8.14. The summed E-state index contributed by atoms with van der Waals surface area (Å²) in [6, 6.07) is 8.20. The minimum absolute atomic E-state index is 0.0114. The number of nitrogens with zero attached hydrogens (tertiary/aromatic N) is 5. The molecule has 28 heavy (non-hydrogen) atoms. The molecule has 148 valence electrons. The number of nitrogens with one attached hydrogen (secondary N) is 1. The minimum Gasteiger partial charge on any atom is -0.334 e. The summed E-state index contributed by atoms with van der Waals surface area (Å²) in [5, 5.41) is 3.25. The molecule has 2 aliphatic rings. The van der Waals surface area contributed by atoms with Crippen molar-refractivity contribution in [2.24, 2.45) is 5.92 Å². The summed E-state index contributed by atoms with van der Waals surface area (Å²) in [7, 11) is 0. The van der Waals surface area contributed by atoms with Crippen LogP contribution in [0.15, 0.2) is 42.9 Å². The van der Waals surface area contributed by atoms with Crippen molar-refractivity contribution in [3.8, 4) is 0 Å². The number of anilines is 3. The summed E-state index contributed by atoms with van der Waals surface area (Å²) in [5.41, 5.74) is 1.89. The molecule has 7 nitrogen and oxygen atoms in total. The van der Waals surface area contributed by atoms with Crippen molar-refractivity contribution in [2.75, 3.05) is 42.5 Å². The molecule has 1 aromatic carbocycles. The molecule has 1 aromatic heterocycles. The van der Waals surface area contributed by atoms with E-state index in [4.69, 9.17) is 0 Å². The minimum atomic E-state index is -0.0114. The lowest BCUT2D eigenvalue weighted by atomic mass is 10.1. The number of likely N-dealkylation sites (tertiary alicyclic amines) is 1. The Balaban J connectivity index is 1.47. The highest BCUT2D eigenvalue weighted by atomic mass is 16.2. The van der Waals surface area contributed by atoms with Crippen LogP contribution >= 0.6 is 0 Å². The van der Waals surface area contributed by atoms with Crippen LogP contribution in [0.5, 0.6) is 0 Å². The number of para-hydroxylation sites is 2. The number of benzene rings is 1. The lowest BCUT2D eigenvalue weighted by Crippen LogP contribution is -2.50. The maximum absolute atomic E-state index is 13.0. The van der Waals surface area contributed by atoms with Crippen molar-refractivity contribution in [1.82, 2.24) is 20.2 Å². The average Bonchev–Trinajstić information content (AvgIpc) is 3.13. The van der Waals surface area contributed by atoms with Crippen molar-refractivity contribution in [1.29, 1.82) is 0 Å². The quantitative estimate of drug-likeness (QED) is 0.884. The first kappa shape index (κ1) is 18.7. The van der Waals surface area contributed by atoms with Gasteiger partial charge < -0.3 is 15.1 Å². The molecule has 0 saturated carbocycles. The number of urea groups is 1. The normalized spacial score (nSPS) is 19.8. The van der Waals surface area contributed by atoms with E-state index in [1.807, 2.05) is 29.2 Å². The molecule has 1 fully saturated rings. The van der Waals surface area contributed by atoms with E-state index in [1.54, 1.807) is 18.6 Å². The molecule has 2 aliphatic heterocycles. The Labute approximate surface area is 166 Å². The van der Waals surface area contributed by atoms with Crippen molar-refractivity contribution < 1.29 is 4.79 Å². The Kier molecular flexibility index (Phi) is 5.43. The molecule has 1 unspecified atom stereocenters. The van der Waals surface area contributed by atoms with Gasteiger partial charge in [0, 0.05) is 51.2 Å². The Morgan fingerprint density at radius 1 is 1.18 bits per heavy atom. The van der Waals surface area contributed by atoms with Gasteiger partial charge in [0.2, 0.25) is 0 Å². The monoisotopic (exact) mass is 380 g/mol. The van der Waals surface area contributed by atoms with E-state index in [0.29, 0.717) is 19.0 Å². The Morgan fingerprint density at radius 2 is 2.00 bits per heavy atom. The summed E-state index contributed by atoms with van der Waals surface area (Å²) >= 11 is 0. The fourth-order valence-electron chi connectivity index (χ4n) is 4.13. The van der Waals surface area contributed by atoms with E-state index in [9.17, 15) is 4.79 Å². The van der Waals surface area contributed by atoms with Crippen molar-refractivity contribution in [2.45, 2.75) is 26.3 Å². The first-order chi connectivity index (χ1) is 13.6. The van der Waals surface area contributed by atoms with Crippen LogP contribution in [-0.4, -0.2) is 59.7 Å². The van der Waals surface area contributed by atoms with Gasteiger partial charge in [0.05, 0.1) is 17.6 Å². The molecule has 0 radical (unpaired) electrons. The van der Waals surface area contributed by atoms with E-state index in [2.05, 4.69) is 38.9 Å². The van der Waals surface area contributed by atoms with E-state index >= 15 is 0 Å². The summed E-state index contributed by atoms with van der Waals surface area (Å²) in [6.07, 6.45) is 6.14. The number of aromatic nitrogens is 2. The lowest BCUT2D eigenvalue weighted by Gasteiger charge is -2.37. The third-order valence-electron chi connectivity index (χ3n) is 5.31. The highest BCUT2D eigenvalue weighted by Crippen LogP contribution is 2.36. The smallest absolute Gasteiger partial charge is 0.322 e. The SMILES string of the molecule is CC(C)CN1CCC(NC(=O)N2CCN(c3cnccn3)c3ccccc32)C1. The van der Waals surface area contributed by atoms with Gasteiger partial charge >= 0.3 is 6.03 Å². The molecule has 4 rings (SSSR count). The third kappa shape index (κ3) is 3.94. The molecule has 1 atom stereocenters. The van der Waals surface area contributed by atoms with Crippen LogP contribution in [0.25, 0.3) is 0 Å². The van der Waals surface area contributed by atoms with Crippen LogP contribution in [0.3, 0.4) is 0 Å². The molecular formula is C21H28N6O. The van der Waals surface area contributed by atoms with E-state index in [1.165, 1.54) is 0 Å². The first-order valence-corrected chi connectivity index (χ1v) is 10.0. The standard InChI is InChI=1S/C21H28N6O/c1-16(2)14-25-10-7-17(15-25)24-21(28)27-12-11-26(20-13-22-8-9-23-20)18-5-3-4-6-19(18)27/h3-6,8-9,13,16-17H,7,10-12,14-15H2,1-2H3,(H,24,28). The van der Waals surface area contributed by atoms with Crippen LogP contribution in [0.2, 0.25) is 0 Å². The van der Waals surface area contributed by atoms with Gasteiger partial charge in [-0.2, -0.15) is 0 Å². The summed E-state index contributed by atoms with van der Waals surface area (Å²) in [4.78, 5) is 28.1. The summed E-state index contributed by atoms with van der Waals surface area (Å²) in [5.74, 6) is 1.45. The predicted octanol–water partition coefficient (Wildman–Crippen LogP) is 2.87. The molecule has 0 aliphatic carbocycles. The Hall–Kier alpha value is -2.67. The third-order valence-corrected chi connectivity index (χ3v) is 5.31. The highest BCUT2D eigenvalue weighted by molar-refractivity contribution is 5.97. The summed E-state index contributed by atoms with van der Waals surface area (Å²) < 4.78 is 0. The zero-order chi connectivity index (χ0) is 19.5. The van der Waals surface area contributed by atoms with Crippen LogP contribution < -0.4 is 15.1 Å². The van der Waals surface area contributed by atoms with Gasteiger partial charge in [-0.3, -0.25) is 9.88 Å². The number of fused-ring (bicyclic) bond motifs is 1. The van der Waals surface area contributed by atoms with Crippen LogP contribution in [-0.2, 0) is 0 Å². The van der Waals surface area contributed by atoms with E-state index < -0.39 is 0 Å². The topological polar surface area (TPSA) is 64.6 Å². The maximum atomic E-state index is 13.0. The van der Waals surface area contributed by atoms with Crippen LogP contribution in [0.1, 0.15) is 20.3 Å². The fourth-order valence-corrected chi connectivity index (χ4v) is 4.13. The zero-order valence-electron chi connectivity index (χ0n) is 16.6. The molecule has 3 heterocycles. The Morgan fingerprint density at radius 3 is 2.75 bits per heavy atom. The number of hydrogen-bond acceptors (Lipinski definition) is 5. The fraction of sp³-hybridized carbons (Fsp3) is 0.476. The summed E-state index contributed by atoms with van der Waals surface area (Å²) in [6.45, 7) is 8.85. The van der Waals surface area contributed by atoms with Crippen LogP contribution in [0.4, 0.5) is 22.0 Å². The van der Waals surface area contributed by atoms with Gasteiger partial charge in [-0.15, -0.1) is 0 Å². The Bertz CT molecular complexity index is 812. The van der Waals surface area contributed by atoms with Gasteiger partial charge in [-0.25, -0.2) is 9.78 Å². The molecule has 2 aromatic rings. The maximum Gasteiger partial charge on any atom is 0.322 e. The molecular weight excluding hydrogens is 352 g/mol. The molecule has 0 spiro atoms. The number of rotatable bonds is 4. The van der Waals surface area contributed by atoms with Gasteiger partial charge in [0.25, 0.3) is 0 Å². The van der Waals surface area contributed by atoms with Gasteiger partial charge in [-0.05, 0) is 24.5 Å². The number of carbonyl (C=O) groups is 1. The van der Waals surface area contributed by atoms with Crippen molar-refractivity contribution in [3.05, 3.63) is 42.9 Å². The van der Waals surface area contributed by atoms with Crippen molar-refractivity contribution >= 4 is 23.2 Å². The molecule has 0 bridgehead atoms. The number of carbonyl (C=O) groups excluding carboxylic acids is 1. The predicted molar refractivity (Wildman–Crippen MR) is 111 cm³/mol. The van der Waals surface area contributed by atoms with Gasteiger partial charge in [0.1, 0.15) is 0 Å². The lowest BCUT2D eigenvalue weighted by molar-refractivity contribution is 0.240. The molecule has 7 heteroatoms. The molecule has 1 N–H and O–H groups in total. The largest absolute Gasteiger partial charge is 0.334 e. The van der Waals surface area contributed by atoms with Crippen molar-refractivity contribution in [3.63, 3.8) is 0 Å². The number of amides is 2. The second-order valence-electron chi connectivity index (χ2n) is 7.94. The average molecular weight is 380 g/mol. The second-order valence-corrected chi connectivity index (χ2v) is 7.94. The molecule has 2 amide bonds. The first-order valence-electron chi connectivity index (χ1n) is 10.0.